The Kier molecular flexibility index (Phi) is 7.31. The van der Waals surface area contributed by atoms with E-state index in [4.69, 9.17) is 24.0 Å². The Bertz CT molecular complexity index is 1320. The topological polar surface area (TPSA) is 117 Å². The molecule has 218 valence electrons. The average Bonchev–Trinajstić information content (AvgIpc) is 3.19. The molecule has 4 heterocycles. The molecule has 1 aliphatic carbocycles. The maximum atomic E-state index is 13.1. The van der Waals surface area contributed by atoms with E-state index < -0.39 is 41.8 Å². The Balaban J connectivity index is 1.08. The number of hydrogen-bond donors (Lipinski definition) is 2. The van der Waals surface area contributed by atoms with Crippen LogP contribution in [-0.2, 0) is 24.0 Å². The zero-order valence-electron chi connectivity index (χ0n) is 23.2. The molecule has 8 atom stereocenters. The Morgan fingerprint density at radius 3 is 2.54 bits per heavy atom. The molecule has 7 rings (SSSR count). The molecule has 4 saturated heterocycles. The smallest absolute Gasteiger partial charge is 0.340 e. The number of carbonyl (C=O) groups is 2. The third-order valence-corrected chi connectivity index (χ3v) is 8.95. The van der Waals surface area contributed by atoms with Gasteiger partial charge in [0.1, 0.15) is 5.82 Å². The largest absolute Gasteiger partial charge is 0.432 e. The van der Waals surface area contributed by atoms with E-state index in [1.54, 1.807) is 24.3 Å². The SMILES string of the molecule is C[C@H]1[C@H](OC(=O)c2ccc(/C=N/NC(=O)Nc3ccc(F)cc3)cc2)O[C@@H]2OC3(C)CC[C@H]4[C@H](C)CC[C@@H]1[C@@]24OO3. The van der Waals surface area contributed by atoms with Crippen LogP contribution in [0.4, 0.5) is 14.9 Å². The van der Waals surface area contributed by atoms with Crippen LogP contribution in [0.25, 0.3) is 0 Å². The molecule has 2 aromatic carbocycles. The van der Waals surface area contributed by atoms with Crippen molar-refractivity contribution in [1.29, 1.82) is 0 Å². The van der Waals surface area contributed by atoms with Crippen molar-refractivity contribution in [2.24, 2.45) is 28.8 Å². The highest BCUT2D eigenvalue weighted by molar-refractivity contribution is 5.92. The van der Waals surface area contributed by atoms with Crippen LogP contribution in [-0.4, -0.2) is 42.2 Å². The molecule has 2 aromatic rings. The molecule has 2 N–H and O–H groups in total. The van der Waals surface area contributed by atoms with Crippen LogP contribution < -0.4 is 10.7 Å². The van der Waals surface area contributed by atoms with Crippen LogP contribution in [0.5, 0.6) is 0 Å². The number of urea groups is 1. The lowest BCUT2D eigenvalue weighted by Crippen LogP contribution is -2.70. The van der Waals surface area contributed by atoms with Crippen LogP contribution in [0.3, 0.4) is 0 Å². The number of nitrogens with one attached hydrogen (secondary N) is 2. The lowest BCUT2D eigenvalue weighted by atomic mass is 9.58. The molecule has 5 fully saturated rings. The molecule has 4 aliphatic heterocycles. The minimum Gasteiger partial charge on any atom is -0.432 e. The van der Waals surface area contributed by atoms with Gasteiger partial charge in [-0.3, -0.25) is 0 Å². The maximum absolute atomic E-state index is 13.1. The number of fused-ring (bicyclic) bond motifs is 2. The Hall–Kier alpha value is -3.38. The zero-order valence-corrected chi connectivity index (χ0v) is 23.2. The summed E-state index contributed by atoms with van der Waals surface area (Å²) in [5.74, 6) is -1.22. The Morgan fingerprint density at radius 2 is 1.78 bits per heavy atom. The van der Waals surface area contributed by atoms with Crippen molar-refractivity contribution in [2.75, 3.05) is 5.32 Å². The summed E-state index contributed by atoms with van der Waals surface area (Å²) >= 11 is 0. The molecule has 0 radical (unpaired) electrons. The van der Waals surface area contributed by atoms with Gasteiger partial charge in [0.15, 0.2) is 11.9 Å². The fraction of sp³-hybridized carbons (Fsp3) is 0.500. The lowest BCUT2D eigenvalue weighted by Gasteiger charge is -2.59. The van der Waals surface area contributed by atoms with E-state index in [0.29, 0.717) is 29.2 Å². The summed E-state index contributed by atoms with van der Waals surface area (Å²) in [6, 6.07) is 11.4. The average molecular weight is 568 g/mol. The van der Waals surface area contributed by atoms with Crippen molar-refractivity contribution < 1.29 is 38.0 Å². The third-order valence-electron chi connectivity index (χ3n) is 8.95. The number of benzene rings is 2. The molecule has 1 unspecified atom stereocenters. The van der Waals surface area contributed by atoms with E-state index in [1.165, 1.54) is 30.5 Å². The van der Waals surface area contributed by atoms with Crippen LogP contribution in [0.2, 0.25) is 0 Å². The van der Waals surface area contributed by atoms with Crippen LogP contribution in [0.15, 0.2) is 53.6 Å². The number of anilines is 1. The number of esters is 1. The van der Waals surface area contributed by atoms with Gasteiger partial charge in [-0.2, -0.15) is 5.10 Å². The van der Waals surface area contributed by atoms with Crippen LogP contribution >= 0.6 is 0 Å². The standard InChI is InChI=1S/C30H34FN3O7/c1-17-4-13-24-18(2)26(38-27-30(24)23(17)14-15-29(3,39-27)40-41-30)37-25(35)20-7-5-19(6-8-20)16-32-34-28(36)33-22-11-9-21(31)10-12-22/h5-12,16-18,23-24,26-27H,4,13-15H2,1-3H3,(H2,33,34,36)/b32-16+/t17-,18-,23+,24+,26-,27-,29?,30-/m1/s1. The van der Waals surface area contributed by atoms with Gasteiger partial charge in [-0.05, 0) is 80.0 Å². The summed E-state index contributed by atoms with van der Waals surface area (Å²) < 4.78 is 31.6. The van der Waals surface area contributed by atoms with Crippen molar-refractivity contribution in [2.45, 2.75) is 70.4 Å². The van der Waals surface area contributed by atoms with Gasteiger partial charge in [0.2, 0.25) is 12.1 Å². The molecule has 41 heavy (non-hydrogen) atoms. The van der Waals surface area contributed by atoms with Gasteiger partial charge in [0.05, 0.1) is 11.8 Å². The second-order valence-corrected chi connectivity index (χ2v) is 11.6. The van der Waals surface area contributed by atoms with E-state index in [-0.39, 0.29) is 17.8 Å². The van der Waals surface area contributed by atoms with E-state index >= 15 is 0 Å². The van der Waals surface area contributed by atoms with Gasteiger partial charge in [0.25, 0.3) is 0 Å². The van der Waals surface area contributed by atoms with Crippen molar-refractivity contribution in [1.82, 2.24) is 5.43 Å². The van der Waals surface area contributed by atoms with E-state index in [2.05, 4.69) is 22.8 Å². The monoisotopic (exact) mass is 567 g/mol. The summed E-state index contributed by atoms with van der Waals surface area (Å²) in [5.41, 5.74) is 3.05. The van der Waals surface area contributed by atoms with Gasteiger partial charge in [-0.15, -0.1) is 0 Å². The number of nitrogens with zero attached hydrogens (tertiary/aromatic N) is 1. The minimum absolute atomic E-state index is 0.0502. The number of hydrazone groups is 1. The van der Waals surface area contributed by atoms with Crippen molar-refractivity contribution in [3.8, 4) is 0 Å². The van der Waals surface area contributed by atoms with Gasteiger partial charge in [-0.1, -0.05) is 26.0 Å². The predicted molar refractivity (Wildman–Crippen MR) is 145 cm³/mol. The molecule has 1 saturated carbocycles. The molecule has 2 bridgehead atoms. The van der Waals surface area contributed by atoms with E-state index in [0.717, 1.165) is 19.3 Å². The first-order valence-electron chi connectivity index (χ1n) is 14.0. The third kappa shape index (κ3) is 5.23. The van der Waals surface area contributed by atoms with Gasteiger partial charge in [-0.25, -0.2) is 29.2 Å². The number of carbonyl (C=O) groups excluding carboxylic acids is 2. The lowest BCUT2D eigenvalue weighted by molar-refractivity contribution is -0.576. The highest BCUT2D eigenvalue weighted by Crippen LogP contribution is 2.60. The number of amides is 2. The van der Waals surface area contributed by atoms with E-state index in [9.17, 15) is 14.0 Å². The van der Waals surface area contributed by atoms with Crippen molar-refractivity contribution in [3.63, 3.8) is 0 Å². The summed E-state index contributed by atoms with van der Waals surface area (Å²) in [5, 5.41) is 6.45. The molecular formula is C30H34FN3O7. The first-order valence-corrected chi connectivity index (χ1v) is 14.0. The van der Waals surface area contributed by atoms with Crippen LogP contribution in [0.1, 0.15) is 62.4 Å². The summed E-state index contributed by atoms with van der Waals surface area (Å²) in [6.45, 7) is 6.14. The van der Waals surface area contributed by atoms with Crippen molar-refractivity contribution in [3.05, 3.63) is 65.5 Å². The molecule has 11 heteroatoms. The van der Waals surface area contributed by atoms with Gasteiger partial charge >= 0.3 is 12.0 Å². The number of ether oxygens (including phenoxy) is 3. The molecule has 2 amide bonds. The number of rotatable bonds is 5. The number of halogens is 1. The summed E-state index contributed by atoms with van der Waals surface area (Å²) in [7, 11) is 0. The predicted octanol–water partition coefficient (Wildman–Crippen LogP) is 5.35. The normalized spacial score (nSPS) is 35.8. The first-order chi connectivity index (χ1) is 19.7. The van der Waals surface area contributed by atoms with Gasteiger partial charge < -0.3 is 19.5 Å². The second kappa shape index (κ2) is 10.8. The second-order valence-electron chi connectivity index (χ2n) is 11.6. The van der Waals surface area contributed by atoms with Crippen LogP contribution in [0, 0.1) is 29.5 Å². The number of hydrogen-bond acceptors (Lipinski definition) is 8. The molecular weight excluding hydrogens is 533 g/mol. The quantitative estimate of drug-likeness (QED) is 0.217. The fourth-order valence-corrected chi connectivity index (χ4v) is 6.74. The van der Waals surface area contributed by atoms with Crippen molar-refractivity contribution >= 4 is 23.9 Å². The first kappa shape index (κ1) is 27.8. The molecule has 10 nitrogen and oxygen atoms in total. The zero-order chi connectivity index (χ0) is 28.8. The Labute approximate surface area is 237 Å². The maximum Gasteiger partial charge on any atom is 0.340 e. The minimum atomic E-state index is -0.902. The molecule has 1 spiro atoms. The summed E-state index contributed by atoms with van der Waals surface area (Å²) in [6.07, 6.45) is 3.54. The highest BCUT2D eigenvalue weighted by Gasteiger charge is 2.69. The molecule has 5 aliphatic rings. The van der Waals surface area contributed by atoms with E-state index in [1.807, 2.05) is 13.8 Å². The fourth-order valence-electron chi connectivity index (χ4n) is 6.74. The highest BCUT2D eigenvalue weighted by atomic mass is 19.1. The Morgan fingerprint density at radius 1 is 1.02 bits per heavy atom. The molecule has 0 aromatic heterocycles. The van der Waals surface area contributed by atoms with Gasteiger partial charge in [0, 0.05) is 23.9 Å². The summed E-state index contributed by atoms with van der Waals surface area (Å²) in [4.78, 5) is 37.1.